The first-order valence-corrected chi connectivity index (χ1v) is 11.5. The number of furan rings is 1. The number of methoxy groups -OCH3 is 1. The fourth-order valence-electron chi connectivity index (χ4n) is 4.74. The summed E-state index contributed by atoms with van der Waals surface area (Å²) in [6.45, 7) is 1.29. The smallest absolute Gasteiger partial charge is 0.251 e. The molecule has 1 unspecified atom stereocenters. The van der Waals surface area contributed by atoms with E-state index < -0.39 is 0 Å². The highest BCUT2D eigenvalue weighted by Gasteiger charge is 2.37. The van der Waals surface area contributed by atoms with E-state index in [2.05, 4.69) is 25.7 Å². The fraction of sp³-hybridized carbons (Fsp3) is 0.280. The number of amides is 1. The number of carbonyl (C=O) groups is 1. The van der Waals surface area contributed by atoms with E-state index in [-0.39, 0.29) is 18.7 Å². The molecule has 0 fully saturated rings. The Labute approximate surface area is 206 Å². The average molecular weight is 489 g/mol. The third-order valence-electron chi connectivity index (χ3n) is 6.51. The normalized spacial score (nSPS) is 16.6. The van der Waals surface area contributed by atoms with Crippen molar-refractivity contribution in [2.45, 2.75) is 19.0 Å². The van der Waals surface area contributed by atoms with Gasteiger partial charge in [0.25, 0.3) is 5.91 Å². The standard InChI is InChI=1S/C25H24N6O5/c1-30-10-9-16-12-19-22(36-14-35-19)23(33-2)20(16)21(30)24-27-28-29-31(24)17-7-5-15(6-8-17)25(32)26-13-18-4-3-11-34-18/h3-8,11-12,21H,9-10,13-14H2,1-2H3,(H,26,32). The SMILES string of the molecule is COc1c2c(cc3c1C(c1nnnn1-c1ccc(C(=O)NCc4ccco4)cc1)N(C)CC3)OCO2. The lowest BCUT2D eigenvalue weighted by atomic mass is 9.90. The highest BCUT2D eigenvalue weighted by Crippen LogP contribution is 2.50. The molecule has 1 atom stereocenters. The topological polar surface area (TPSA) is 117 Å². The Kier molecular flexibility index (Phi) is 5.53. The van der Waals surface area contributed by atoms with Gasteiger partial charge < -0.3 is 23.9 Å². The summed E-state index contributed by atoms with van der Waals surface area (Å²) < 4.78 is 24.1. The van der Waals surface area contributed by atoms with Crippen LogP contribution in [-0.4, -0.2) is 58.5 Å². The molecule has 184 valence electrons. The van der Waals surface area contributed by atoms with Crippen molar-refractivity contribution in [3.63, 3.8) is 0 Å². The van der Waals surface area contributed by atoms with Crippen LogP contribution in [-0.2, 0) is 13.0 Å². The molecule has 36 heavy (non-hydrogen) atoms. The highest BCUT2D eigenvalue weighted by atomic mass is 16.7. The monoisotopic (exact) mass is 488 g/mol. The number of benzene rings is 2. The molecule has 2 aliphatic rings. The predicted octanol–water partition coefficient (Wildman–Crippen LogP) is 2.50. The number of likely N-dealkylation sites (N-methyl/N-ethyl adjacent to an activating group) is 1. The first kappa shape index (κ1) is 22.1. The maximum absolute atomic E-state index is 12.6. The van der Waals surface area contributed by atoms with Crippen molar-refractivity contribution in [2.24, 2.45) is 0 Å². The predicted molar refractivity (Wildman–Crippen MR) is 126 cm³/mol. The number of nitrogens with one attached hydrogen (secondary N) is 1. The van der Waals surface area contributed by atoms with Crippen molar-refractivity contribution in [1.82, 2.24) is 30.4 Å². The summed E-state index contributed by atoms with van der Waals surface area (Å²) in [5, 5.41) is 15.5. The zero-order valence-corrected chi connectivity index (χ0v) is 19.8. The van der Waals surface area contributed by atoms with Gasteiger partial charge in [0.2, 0.25) is 12.5 Å². The first-order valence-electron chi connectivity index (χ1n) is 11.5. The second-order valence-electron chi connectivity index (χ2n) is 8.61. The molecular formula is C25H24N6O5. The zero-order chi connectivity index (χ0) is 24.6. The number of carbonyl (C=O) groups excluding carboxylic acids is 1. The van der Waals surface area contributed by atoms with E-state index in [1.165, 1.54) is 0 Å². The molecule has 0 saturated carbocycles. The number of rotatable bonds is 6. The average Bonchev–Trinajstić information content (AvgIpc) is 3.68. The van der Waals surface area contributed by atoms with Gasteiger partial charge in [-0.25, -0.2) is 0 Å². The minimum Gasteiger partial charge on any atom is -0.492 e. The number of hydrogen-bond acceptors (Lipinski definition) is 9. The van der Waals surface area contributed by atoms with Gasteiger partial charge in [-0.1, -0.05) is 0 Å². The highest BCUT2D eigenvalue weighted by molar-refractivity contribution is 5.94. The largest absolute Gasteiger partial charge is 0.492 e. The van der Waals surface area contributed by atoms with Gasteiger partial charge in [0, 0.05) is 17.7 Å². The summed E-state index contributed by atoms with van der Waals surface area (Å²) in [6, 6.07) is 12.5. The molecule has 1 amide bonds. The Morgan fingerprint density at radius 1 is 1.22 bits per heavy atom. The fourth-order valence-corrected chi connectivity index (χ4v) is 4.74. The second kappa shape index (κ2) is 9.00. The van der Waals surface area contributed by atoms with Gasteiger partial charge in [-0.05, 0) is 71.9 Å². The summed E-state index contributed by atoms with van der Waals surface area (Å²) in [5.74, 6) is 3.04. The van der Waals surface area contributed by atoms with Crippen LogP contribution in [0.4, 0.5) is 0 Å². The van der Waals surface area contributed by atoms with E-state index in [1.807, 2.05) is 31.3 Å². The molecule has 11 nitrogen and oxygen atoms in total. The molecule has 1 N–H and O–H groups in total. The Morgan fingerprint density at radius 2 is 2.08 bits per heavy atom. The molecule has 0 bridgehead atoms. The zero-order valence-electron chi connectivity index (χ0n) is 19.8. The van der Waals surface area contributed by atoms with Crippen LogP contribution < -0.4 is 19.5 Å². The number of hydrogen-bond donors (Lipinski definition) is 1. The van der Waals surface area contributed by atoms with Gasteiger partial charge in [-0.15, -0.1) is 5.10 Å². The van der Waals surface area contributed by atoms with Crippen molar-refractivity contribution >= 4 is 5.91 Å². The van der Waals surface area contributed by atoms with Crippen molar-refractivity contribution in [3.05, 3.63) is 77.0 Å². The van der Waals surface area contributed by atoms with Crippen LogP contribution in [0.2, 0.25) is 0 Å². The third kappa shape index (κ3) is 3.73. The molecule has 6 rings (SSSR count). The molecule has 11 heteroatoms. The second-order valence-corrected chi connectivity index (χ2v) is 8.61. The molecule has 4 aromatic rings. The Hall–Kier alpha value is -4.38. The quantitative estimate of drug-likeness (QED) is 0.437. The van der Waals surface area contributed by atoms with Crippen LogP contribution in [0.15, 0.2) is 53.1 Å². The Morgan fingerprint density at radius 3 is 2.86 bits per heavy atom. The van der Waals surface area contributed by atoms with E-state index >= 15 is 0 Å². The van der Waals surface area contributed by atoms with Crippen LogP contribution in [0.3, 0.4) is 0 Å². The summed E-state index contributed by atoms with van der Waals surface area (Å²) in [7, 11) is 3.66. The maximum Gasteiger partial charge on any atom is 0.251 e. The van der Waals surface area contributed by atoms with Crippen molar-refractivity contribution in [3.8, 4) is 22.9 Å². The van der Waals surface area contributed by atoms with Crippen molar-refractivity contribution < 1.29 is 23.4 Å². The first-order chi connectivity index (χ1) is 17.6. The summed E-state index contributed by atoms with van der Waals surface area (Å²) >= 11 is 0. The number of nitrogens with zero attached hydrogens (tertiary/aromatic N) is 5. The minimum atomic E-state index is -0.274. The molecular weight excluding hydrogens is 464 g/mol. The Balaban J connectivity index is 1.32. The van der Waals surface area contributed by atoms with Crippen LogP contribution in [0, 0.1) is 0 Å². The Bertz CT molecular complexity index is 1400. The van der Waals surface area contributed by atoms with Crippen LogP contribution in [0.1, 0.15) is 39.1 Å². The molecule has 2 aromatic carbocycles. The van der Waals surface area contributed by atoms with Gasteiger partial charge >= 0.3 is 0 Å². The van der Waals surface area contributed by atoms with Crippen LogP contribution in [0.5, 0.6) is 17.2 Å². The van der Waals surface area contributed by atoms with Crippen molar-refractivity contribution in [1.29, 1.82) is 0 Å². The van der Waals surface area contributed by atoms with Crippen LogP contribution in [0.25, 0.3) is 5.69 Å². The van der Waals surface area contributed by atoms with E-state index in [0.717, 1.165) is 29.8 Å². The van der Waals surface area contributed by atoms with Gasteiger partial charge in [-0.2, -0.15) is 4.68 Å². The third-order valence-corrected chi connectivity index (χ3v) is 6.51. The van der Waals surface area contributed by atoms with E-state index in [4.69, 9.17) is 18.6 Å². The van der Waals surface area contributed by atoms with Gasteiger partial charge in [0.15, 0.2) is 17.3 Å². The molecule has 0 radical (unpaired) electrons. The van der Waals surface area contributed by atoms with E-state index in [0.29, 0.717) is 40.9 Å². The summed E-state index contributed by atoms with van der Waals surface area (Å²) in [4.78, 5) is 14.7. The maximum atomic E-state index is 12.6. The molecule has 2 aromatic heterocycles. The lowest BCUT2D eigenvalue weighted by molar-refractivity contribution is 0.0948. The van der Waals surface area contributed by atoms with Crippen molar-refractivity contribution in [2.75, 3.05) is 27.5 Å². The van der Waals surface area contributed by atoms with Gasteiger partial charge in [0.05, 0.1) is 25.6 Å². The molecule has 0 spiro atoms. The molecule has 0 saturated heterocycles. The summed E-state index contributed by atoms with van der Waals surface area (Å²) in [6.07, 6.45) is 2.41. The number of fused-ring (bicyclic) bond motifs is 2. The van der Waals surface area contributed by atoms with Gasteiger partial charge in [-0.3, -0.25) is 9.69 Å². The van der Waals surface area contributed by atoms with E-state index in [1.54, 1.807) is 36.3 Å². The molecule has 0 aliphatic carbocycles. The lowest BCUT2D eigenvalue weighted by Crippen LogP contribution is -2.35. The van der Waals surface area contributed by atoms with E-state index in [9.17, 15) is 4.79 Å². The lowest BCUT2D eigenvalue weighted by Gasteiger charge is -2.34. The number of tetrazole rings is 1. The molecule has 2 aliphatic heterocycles. The van der Waals surface area contributed by atoms with Gasteiger partial charge in [0.1, 0.15) is 11.8 Å². The number of aromatic nitrogens is 4. The number of ether oxygens (including phenoxy) is 3. The summed E-state index contributed by atoms with van der Waals surface area (Å²) in [5.41, 5.74) is 3.32. The van der Waals surface area contributed by atoms with Crippen LogP contribution >= 0.6 is 0 Å². The molecule has 4 heterocycles. The minimum absolute atomic E-state index is 0.161.